The number of aryl methyl sites for hydroxylation is 1. The van der Waals surface area contributed by atoms with Crippen molar-refractivity contribution in [2.24, 2.45) is 5.92 Å². The van der Waals surface area contributed by atoms with Gasteiger partial charge in [0.05, 0.1) is 22.8 Å². The summed E-state index contributed by atoms with van der Waals surface area (Å²) in [6, 6.07) is 0.300. The summed E-state index contributed by atoms with van der Waals surface area (Å²) in [6.45, 7) is 5.05. The van der Waals surface area contributed by atoms with Crippen molar-refractivity contribution in [3.63, 3.8) is 0 Å². The predicted molar refractivity (Wildman–Crippen MR) is 110 cm³/mol. The van der Waals surface area contributed by atoms with Crippen LogP contribution >= 0.6 is 0 Å². The molecule has 28 heavy (non-hydrogen) atoms. The summed E-state index contributed by atoms with van der Waals surface area (Å²) < 4.78 is 7.35. The molecule has 3 heterocycles. The largest absolute Gasteiger partial charge is 0.381 e. The third kappa shape index (κ3) is 4.14. The molecule has 4 rings (SSSR count). The number of hydrogen-bond acceptors (Lipinski definition) is 5. The molecule has 1 saturated carbocycles. The van der Waals surface area contributed by atoms with E-state index in [0.717, 1.165) is 55.9 Å². The Bertz CT molecular complexity index is 806. The minimum absolute atomic E-state index is 0.0428. The molecule has 0 atom stereocenters. The molecular formula is C21H31N5O2. The van der Waals surface area contributed by atoms with Crippen molar-refractivity contribution >= 4 is 22.6 Å². The van der Waals surface area contributed by atoms with Gasteiger partial charge in [-0.2, -0.15) is 5.10 Å². The highest BCUT2D eigenvalue weighted by atomic mass is 16.5. The van der Waals surface area contributed by atoms with Crippen LogP contribution in [0.2, 0.25) is 0 Å². The Balaban J connectivity index is 1.58. The van der Waals surface area contributed by atoms with Gasteiger partial charge < -0.3 is 15.4 Å². The first-order valence-electron chi connectivity index (χ1n) is 10.7. The number of ether oxygens (including phenoxy) is 1. The topological polar surface area (TPSA) is 81.1 Å². The Labute approximate surface area is 166 Å². The Kier molecular flexibility index (Phi) is 6.10. The Hall–Kier alpha value is -2.15. The normalized spacial score (nSPS) is 19.0. The molecule has 2 fully saturated rings. The number of pyridine rings is 1. The number of carbonyl (C=O) groups excluding carboxylic acids is 1. The fourth-order valence-electron chi connectivity index (χ4n) is 4.36. The van der Waals surface area contributed by atoms with E-state index in [9.17, 15) is 4.79 Å². The van der Waals surface area contributed by atoms with Gasteiger partial charge in [0.2, 0.25) is 0 Å². The standard InChI is InChI=1S/C21H31N5O2/c1-2-26-20-17(14-24-26)19(25-16-8-10-28-11-9-16)18(13-22-20)21(27)23-12-15-6-4-3-5-7-15/h13-16H,2-12H2,1H3,(H,22,25)(H,23,27). The van der Waals surface area contributed by atoms with Crippen molar-refractivity contribution in [1.82, 2.24) is 20.1 Å². The molecule has 7 heteroatoms. The summed E-state index contributed by atoms with van der Waals surface area (Å²) in [4.78, 5) is 17.6. The van der Waals surface area contributed by atoms with Gasteiger partial charge in [0.15, 0.2) is 5.65 Å². The van der Waals surface area contributed by atoms with Gasteiger partial charge in [0, 0.05) is 38.5 Å². The van der Waals surface area contributed by atoms with Crippen LogP contribution in [0.4, 0.5) is 5.69 Å². The maximum Gasteiger partial charge on any atom is 0.254 e. The molecule has 1 aliphatic heterocycles. The second-order valence-corrected chi connectivity index (χ2v) is 7.99. The lowest BCUT2D eigenvalue weighted by atomic mass is 9.89. The van der Waals surface area contributed by atoms with Crippen molar-refractivity contribution in [1.29, 1.82) is 0 Å². The van der Waals surface area contributed by atoms with E-state index in [-0.39, 0.29) is 5.91 Å². The van der Waals surface area contributed by atoms with Gasteiger partial charge >= 0.3 is 0 Å². The van der Waals surface area contributed by atoms with Crippen LogP contribution in [-0.4, -0.2) is 46.5 Å². The first kappa shape index (κ1) is 19.2. The predicted octanol–water partition coefficient (Wildman–Crippen LogP) is 3.35. The number of amides is 1. The molecule has 1 aliphatic carbocycles. The lowest BCUT2D eigenvalue weighted by molar-refractivity contribution is 0.0903. The Morgan fingerprint density at radius 2 is 1.96 bits per heavy atom. The molecule has 0 spiro atoms. The zero-order valence-electron chi connectivity index (χ0n) is 16.7. The quantitative estimate of drug-likeness (QED) is 0.797. The first-order chi connectivity index (χ1) is 13.8. The fraction of sp³-hybridized carbons (Fsp3) is 0.667. The van der Waals surface area contributed by atoms with Gasteiger partial charge in [0.25, 0.3) is 5.91 Å². The highest BCUT2D eigenvalue weighted by Gasteiger charge is 2.23. The molecule has 1 saturated heterocycles. The second-order valence-electron chi connectivity index (χ2n) is 7.99. The third-order valence-corrected chi connectivity index (χ3v) is 6.06. The second kappa shape index (κ2) is 8.90. The molecule has 2 aromatic rings. The van der Waals surface area contributed by atoms with Crippen LogP contribution in [0, 0.1) is 5.92 Å². The van der Waals surface area contributed by atoms with Crippen molar-refractivity contribution in [3.8, 4) is 0 Å². The molecular weight excluding hydrogens is 354 g/mol. The number of anilines is 1. The van der Waals surface area contributed by atoms with Gasteiger partial charge in [0.1, 0.15) is 0 Å². The van der Waals surface area contributed by atoms with Crippen molar-refractivity contribution < 1.29 is 9.53 Å². The monoisotopic (exact) mass is 385 g/mol. The van der Waals surface area contributed by atoms with Crippen LogP contribution in [0.3, 0.4) is 0 Å². The maximum atomic E-state index is 13.0. The van der Waals surface area contributed by atoms with Crippen LogP contribution in [0.5, 0.6) is 0 Å². The van der Waals surface area contributed by atoms with E-state index in [1.165, 1.54) is 32.1 Å². The number of nitrogens with zero attached hydrogens (tertiary/aromatic N) is 3. The smallest absolute Gasteiger partial charge is 0.254 e. The van der Waals surface area contributed by atoms with Crippen LogP contribution in [-0.2, 0) is 11.3 Å². The summed E-state index contributed by atoms with van der Waals surface area (Å²) in [5, 5.41) is 12.1. The minimum atomic E-state index is -0.0428. The zero-order chi connectivity index (χ0) is 19.3. The zero-order valence-corrected chi connectivity index (χ0v) is 16.7. The number of aromatic nitrogens is 3. The number of fused-ring (bicyclic) bond motifs is 1. The molecule has 0 bridgehead atoms. The van der Waals surface area contributed by atoms with E-state index < -0.39 is 0 Å². The third-order valence-electron chi connectivity index (χ3n) is 6.06. The number of nitrogens with one attached hydrogen (secondary N) is 2. The summed E-state index contributed by atoms with van der Waals surface area (Å²) in [5.41, 5.74) is 2.30. The van der Waals surface area contributed by atoms with Crippen LogP contribution in [0.15, 0.2) is 12.4 Å². The lowest BCUT2D eigenvalue weighted by Gasteiger charge is -2.26. The summed E-state index contributed by atoms with van der Waals surface area (Å²) in [6.07, 6.45) is 11.7. The SMILES string of the molecule is CCn1ncc2c(NC3CCOCC3)c(C(=O)NCC3CCCCC3)cnc21. The molecule has 2 aromatic heterocycles. The van der Waals surface area contributed by atoms with Crippen molar-refractivity contribution in [2.75, 3.05) is 25.1 Å². The van der Waals surface area contributed by atoms with Crippen LogP contribution in [0.1, 0.15) is 62.2 Å². The lowest BCUT2D eigenvalue weighted by Crippen LogP contribution is -2.32. The summed E-state index contributed by atoms with van der Waals surface area (Å²) >= 11 is 0. The van der Waals surface area contributed by atoms with Crippen molar-refractivity contribution in [2.45, 2.75) is 64.5 Å². The molecule has 2 aliphatic rings. The maximum absolute atomic E-state index is 13.0. The van der Waals surface area contributed by atoms with Gasteiger partial charge in [-0.05, 0) is 38.5 Å². The average Bonchev–Trinajstić information content (AvgIpc) is 3.17. The molecule has 1 amide bonds. The summed E-state index contributed by atoms with van der Waals surface area (Å²) in [5.74, 6) is 0.558. The minimum Gasteiger partial charge on any atom is -0.381 e. The highest BCUT2D eigenvalue weighted by molar-refractivity contribution is 6.06. The molecule has 7 nitrogen and oxygen atoms in total. The Morgan fingerprint density at radius 1 is 1.18 bits per heavy atom. The van der Waals surface area contributed by atoms with E-state index in [0.29, 0.717) is 17.5 Å². The van der Waals surface area contributed by atoms with Gasteiger partial charge in [-0.25, -0.2) is 9.67 Å². The fourth-order valence-corrected chi connectivity index (χ4v) is 4.36. The average molecular weight is 386 g/mol. The van der Waals surface area contributed by atoms with Crippen LogP contribution < -0.4 is 10.6 Å². The van der Waals surface area contributed by atoms with E-state index in [4.69, 9.17) is 4.74 Å². The number of rotatable bonds is 6. The Morgan fingerprint density at radius 3 is 2.71 bits per heavy atom. The molecule has 2 N–H and O–H groups in total. The van der Waals surface area contributed by atoms with E-state index in [2.05, 4.69) is 20.7 Å². The molecule has 0 radical (unpaired) electrons. The molecule has 0 aromatic carbocycles. The van der Waals surface area contributed by atoms with Crippen LogP contribution in [0.25, 0.3) is 11.0 Å². The van der Waals surface area contributed by atoms with Gasteiger partial charge in [-0.1, -0.05) is 19.3 Å². The van der Waals surface area contributed by atoms with E-state index >= 15 is 0 Å². The summed E-state index contributed by atoms with van der Waals surface area (Å²) in [7, 11) is 0. The van der Waals surface area contributed by atoms with Gasteiger partial charge in [-0.3, -0.25) is 4.79 Å². The molecule has 0 unspecified atom stereocenters. The first-order valence-corrected chi connectivity index (χ1v) is 10.7. The van der Waals surface area contributed by atoms with E-state index in [1.807, 2.05) is 17.8 Å². The number of carbonyl (C=O) groups is 1. The van der Waals surface area contributed by atoms with E-state index in [1.54, 1.807) is 6.20 Å². The highest BCUT2D eigenvalue weighted by Crippen LogP contribution is 2.29. The van der Waals surface area contributed by atoms with Gasteiger partial charge in [-0.15, -0.1) is 0 Å². The number of hydrogen-bond donors (Lipinski definition) is 2. The van der Waals surface area contributed by atoms with Crippen molar-refractivity contribution in [3.05, 3.63) is 18.0 Å². The molecule has 152 valence electrons.